The Labute approximate surface area is 171 Å². The van der Waals surface area contributed by atoms with Gasteiger partial charge in [0.1, 0.15) is 5.69 Å². The summed E-state index contributed by atoms with van der Waals surface area (Å²) in [5, 5.41) is 4.83. The average Bonchev–Trinajstić information content (AvgIpc) is 3.12. The Morgan fingerprint density at radius 2 is 1.69 bits per heavy atom. The summed E-state index contributed by atoms with van der Waals surface area (Å²) >= 11 is 0. The molecule has 5 heteroatoms. The monoisotopic (exact) mass is 389 g/mol. The second-order valence-electron chi connectivity index (χ2n) is 7.95. The molecule has 2 atom stereocenters. The number of carbonyl (C=O) groups excluding carboxylic acids is 1. The van der Waals surface area contributed by atoms with E-state index in [9.17, 15) is 4.79 Å². The minimum Gasteiger partial charge on any atom is -0.372 e. The van der Waals surface area contributed by atoms with Gasteiger partial charge in [0, 0.05) is 18.7 Å². The molecular weight excluding hydrogens is 362 g/mol. The Hall–Kier alpha value is -2.92. The van der Waals surface area contributed by atoms with E-state index in [1.807, 2.05) is 61.2 Å². The number of nitrogens with zero attached hydrogens (tertiary/aromatic N) is 3. The van der Waals surface area contributed by atoms with Gasteiger partial charge in [-0.05, 0) is 45.4 Å². The number of benzene rings is 2. The average molecular weight is 389 g/mol. The summed E-state index contributed by atoms with van der Waals surface area (Å²) in [5.41, 5.74) is 5.57. The normalized spacial score (nSPS) is 19.4. The fourth-order valence-electron chi connectivity index (χ4n) is 4.02. The van der Waals surface area contributed by atoms with E-state index in [4.69, 9.17) is 9.84 Å². The zero-order chi connectivity index (χ0) is 20.5. The molecule has 0 unspecified atom stereocenters. The van der Waals surface area contributed by atoms with Crippen LogP contribution in [0.4, 0.5) is 0 Å². The maximum Gasteiger partial charge on any atom is 0.272 e. The first kappa shape index (κ1) is 19.4. The molecule has 29 heavy (non-hydrogen) atoms. The highest BCUT2D eigenvalue weighted by atomic mass is 16.5. The minimum atomic E-state index is -0.0124. The molecule has 1 fully saturated rings. The van der Waals surface area contributed by atoms with E-state index in [1.165, 1.54) is 5.56 Å². The summed E-state index contributed by atoms with van der Waals surface area (Å²) < 4.78 is 7.60. The van der Waals surface area contributed by atoms with Crippen molar-refractivity contribution < 1.29 is 9.53 Å². The van der Waals surface area contributed by atoms with E-state index in [-0.39, 0.29) is 18.1 Å². The van der Waals surface area contributed by atoms with E-state index < -0.39 is 0 Å². The topological polar surface area (TPSA) is 47.4 Å². The van der Waals surface area contributed by atoms with Gasteiger partial charge in [-0.3, -0.25) is 4.79 Å². The van der Waals surface area contributed by atoms with Crippen LogP contribution in [0.3, 0.4) is 0 Å². The van der Waals surface area contributed by atoms with Crippen molar-refractivity contribution in [3.05, 3.63) is 71.4 Å². The SMILES string of the molecule is Cc1ccc(-n2nc(-c3ccccc3)cc2C(=O)N2C[C@@H](C)O[C@H](C)C2)c(C)c1. The van der Waals surface area contributed by atoms with Crippen LogP contribution in [0, 0.1) is 13.8 Å². The Morgan fingerprint density at radius 3 is 2.34 bits per heavy atom. The molecule has 1 aliphatic rings. The van der Waals surface area contributed by atoms with Crippen molar-refractivity contribution >= 4 is 5.91 Å². The number of ether oxygens (including phenoxy) is 1. The molecule has 1 saturated heterocycles. The minimum absolute atomic E-state index is 0.0124. The standard InChI is InChI=1S/C24H27N3O2/c1-16-10-11-22(17(2)12-16)27-23(13-21(25-27)20-8-6-5-7-9-20)24(28)26-14-18(3)29-19(4)15-26/h5-13,18-19H,14-15H2,1-4H3/t18-,19-/m1/s1. The van der Waals surface area contributed by atoms with Gasteiger partial charge in [0.05, 0.1) is 23.6 Å². The number of amides is 1. The first-order valence-corrected chi connectivity index (χ1v) is 10.1. The highest BCUT2D eigenvalue weighted by Gasteiger charge is 2.29. The smallest absolute Gasteiger partial charge is 0.272 e. The van der Waals surface area contributed by atoms with Crippen LogP contribution in [-0.2, 0) is 4.74 Å². The van der Waals surface area contributed by atoms with Gasteiger partial charge >= 0.3 is 0 Å². The molecule has 150 valence electrons. The van der Waals surface area contributed by atoms with Crippen LogP contribution in [0.1, 0.15) is 35.5 Å². The maximum absolute atomic E-state index is 13.5. The molecular formula is C24H27N3O2. The highest BCUT2D eigenvalue weighted by Crippen LogP contribution is 2.25. The lowest BCUT2D eigenvalue weighted by molar-refractivity contribution is -0.0588. The fourth-order valence-corrected chi connectivity index (χ4v) is 4.02. The highest BCUT2D eigenvalue weighted by molar-refractivity contribution is 5.94. The van der Waals surface area contributed by atoms with Crippen molar-refractivity contribution in [1.29, 1.82) is 0 Å². The van der Waals surface area contributed by atoms with Crippen molar-refractivity contribution in [1.82, 2.24) is 14.7 Å². The van der Waals surface area contributed by atoms with E-state index in [0.29, 0.717) is 18.8 Å². The molecule has 2 aromatic carbocycles. The molecule has 0 aliphatic carbocycles. The zero-order valence-electron chi connectivity index (χ0n) is 17.4. The molecule has 0 radical (unpaired) electrons. The van der Waals surface area contributed by atoms with Gasteiger partial charge in [0.2, 0.25) is 0 Å². The van der Waals surface area contributed by atoms with Gasteiger partial charge < -0.3 is 9.64 Å². The molecule has 3 aromatic rings. The molecule has 0 saturated carbocycles. The predicted octanol–water partition coefficient (Wildman–Crippen LogP) is 4.41. The van der Waals surface area contributed by atoms with E-state index >= 15 is 0 Å². The van der Waals surface area contributed by atoms with Crippen molar-refractivity contribution in [2.75, 3.05) is 13.1 Å². The number of rotatable bonds is 3. The van der Waals surface area contributed by atoms with Crippen molar-refractivity contribution in [2.24, 2.45) is 0 Å². The van der Waals surface area contributed by atoms with Crippen LogP contribution >= 0.6 is 0 Å². The fraction of sp³-hybridized carbons (Fsp3) is 0.333. The van der Waals surface area contributed by atoms with Gasteiger partial charge in [0.25, 0.3) is 5.91 Å². The third-order valence-corrected chi connectivity index (χ3v) is 5.29. The van der Waals surface area contributed by atoms with Crippen LogP contribution < -0.4 is 0 Å². The summed E-state index contributed by atoms with van der Waals surface area (Å²) in [6.45, 7) is 9.31. The van der Waals surface area contributed by atoms with E-state index in [2.05, 4.69) is 26.0 Å². The Balaban J connectivity index is 1.81. The Morgan fingerprint density at radius 1 is 1.00 bits per heavy atom. The molecule has 5 nitrogen and oxygen atoms in total. The molecule has 4 rings (SSSR count). The largest absolute Gasteiger partial charge is 0.372 e. The summed E-state index contributed by atoms with van der Waals surface area (Å²) in [7, 11) is 0. The van der Waals surface area contributed by atoms with Gasteiger partial charge in [-0.1, -0.05) is 48.0 Å². The van der Waals surface area contributed by atoms with Gasteiger partial charge in [-0.25, -0.2) is 4.68 Å². The number of aryl methyl sites for hydroxylation is 2. The zero-order valence-corrected chi connectivity index (χ0v) is 17.4. The molecule has 0 spiro atoms. The van der Waals surface area contributed by atoms with Gasteiger partial charge in [-0.2, -0.15) is 5.10 Å². The van der Waals surface area contributed by atoms with Crippen molar-refractivity contribution in [3.63, 3.8) is 0 Å². The predicted molar refractivity (Wildman–Crippen MR) is 114 cm³/mol. The van der Waals surface area contributed by atoms with Crippen LogP contribution in [0.25, 0.3) is 16.9 Å². The van der Waals surface area contributed by atoms with Crippen LogP contribution in [0.5, 0.6) is 0 Å². The van der Waals surface area contributed by atoms with Gasteiger partial charge in [0.15, 0.2) is 0 Å². The molecule has 0 N–H and O–H groups in total. The lowest BCUT2D eigenvalue weighted by Gasteiger charge is -2.35. The Bertz CT molecular complexity index is 1020. The van der Waals surface area contributed by atoms with E-state index in [0.717, 1.165) is 22.5 Å². The summed E-state index contributed by atoms with van der Waals surface area (Å²) in [6.07, 6.45) is 0.0440. The number of carbonyl (C=O) groups is 1. The number of hydrogen-bond donors (Lipinski definition) is 0. The maximum atomic E-state index is 13.5. The Kier molecular flexibility index (Phi) is 5.24. The third kappa shape index (κ3) is 3.96. The lowest BCUT2D eigenvalue weighted by Crippen LogP contribution is -2.48. The molecule has 0 bridgehead atoms. The summed E-state index contributed by atoms with van der Waals surface area (Å²) in [5.74, 6) is -0.0124. The van der Waals surface area contributed by atoms with Crippen LogP contribution in [0.15, 0.2) is 54.6 Å². The lowest BCUT2D eigenvalue weighted by atomic mass is 10.1. The molecule has 1 aliphatic heterocycles. The van der Waals surface area contributed by atoms with Crippen molar-refractivity contribution in [2.45, 2.75) is 39.9 Å². The second-order valence-corrected chi connectivity index (χ2v) is 7.95. The van der Waals surface area contributed by atoms with Crippen LogP contribution in [0.2, 0.25) is 0 Å². The summed E-state index contributed by atoms with van der Waals surface area (Å²) in [4.78, 5) is 15.4. The van der Waals surface area contributed by atoms with E-state index in [1.54, 1.807) is 4.68 Å². The second kappa shape index (κ2) is 7.84. The quantitative estimate of drug-likeness (QED) is 0.667. The summed E-state index contributed by atoms with van der Waals surface area (Å²) in [6, 6.07) is 18.1. The number of morpholine rings is 1. The van der Waals surface area contributed by atoms with Gasteiger partial charge in [-0.15, -0.1) is 0 Å². The molecule has 1 amide bonds. The molecule has 2 heterocycles. The molecule has 1 aromatic heterocycles. The number of aromatic nitrogens is 2. The first-order chi connectivity index (χ1) is 13.9. The number of hydrogen-bond acceptors (Lipinski definition) is 3. The third-order valence-electron chi connectivity index (χ3n) is 5.29. The van der Waals surface area contributed by atoms with Crippen LogP contribution in [-0.4, -0.2) is 45.9 Å². The first-order valence-electron chi connectivity index (χ1n) is 10.1. The van der Waals surface area contributed by atoms with Crippen molar-refractivity contribution in [3.8, 4) is 16.9 Å².